The number of amides is 3. The molecule has 1 aliphatic carbocycles. The molecule has 3 amide bonds. The highest BCUT2D eigenvalue weighted by atomic mass is 35.5. The molecule has 1 saturated carbocycles. The maximum Gasteiger partial charge on any atom is 0.410 e. The van der Waals surface area contributed by atoms with E-state index in [4.69, 9.17) is 41.9 Å². The van der Waals surface area contributed by atoms with Crippen LogP contribution in [-0.4, -0.2) is 98.6 Å². The van der Waals surface area contributed by atoms with Crippen LogP contribution in [0.5, 0.6) is 5.88 Å². The molecule has 1 N–H and O–H groups in total. The van der Waals surface area contributed by atoms with Crippen LogP contribution in [0, 0.1) is 11.6 Å². The molecule has 2 aromatic carbocycles. The van der Waals surface area contributed by atoms with E-state index in [9.17, 15) is 23.5 Å². The maximum atomic E-state index is 15.2. The van der Waals surface area contributed by atoms with E-state index in [1.807, 2.05) is 18.2 Å². The number of nitrogens with zero attached hydrogens (tertiary/aromatic N) is 5. The fraction of sp³-hybridized carbons (Fsp3) is 0.419. The van der Waals surface area contributed by atoms with E-state index in [0.29, 0.717) is 22.8 Å². The van der Waals surface area contributed by atoms with E-state index < -0.39 is 46.5 Å². The van der Waals surface area contributed by atoms with Gasteiger partial charge in [0.1, 0.15) is 22.9 Å². The van der Waals surface area contributed by atoms with Crippen molar-refractivity contribution in [3.63, 3.8) is 0 Å². The number of pyridine rings is 1. The third-order valence-electron chi connectivity index (χ3n) is 10.6. The summed E-state index contributed by atoms with van der Waals surface area (Å²) in [7, 11) is 1.65. The van der Waals surface area contributed by atoms with Crippen molar-refractivity contribution in [2.45, 2.75) is 89.8 Å². The summed E-state index contributed by atoms with van der Waals surface area (Å²) in [5, 5.41) is 14.5. The molecule has 318 valence electrons. The van der Waals surface area contributed by atoms with Crippen LogP contribution in [0.3, 0.4) is 0 Å². The van der Waals surface area contributed by atoms with Gasteiger partial charge in [-0.2, -0.15) is 0 Å². The van der Waals surface area contributed by atoms with Gasteiger partial charge in [-0.15, -0.1) is 0 Å². The summed E-state index contributed by atoms with van der Waals surface area (Å²) in [6.07, 6.45) is 2.96. The molecule has 4 aromatic rings. The molecule has 1 saturated heterocycles. The first-order valence-corrected chi connectivity index (χ1v) is 20.4. The van der Waals surface area contributed by atoms with Crippen LogP contribution < -0.4 is 4.74 Å². The Balaban J connectivity index is 1.21. The lowest BCUT2D eigenvalue weighted by molar-refractivity contribution is -0.129. The first-order valence-electron chi connectivity index (χ1n) is 19.6. The molecule has 2 fully saturated rings. The van der Waals surface area contributed by atoms with E-state index in [-0.39, 0.29) is 73.1 Å². The van der Waals surface area contributed by atoms with Gasteiger partial charge >= 0.3 is 12.2 Å². The third kappa shape index (κ3) is 9.53. The zero-order chi connectivity index (χ0) is 42.9. The summed E-state index contributed by atoms with van der Waals surface area (Å²) < 4.78 is 50.6. The number of benzene rings is 2. The summed E-state index contributed by atoms with van der Waals surface area (Å²) in [6.45, 7) is 5.85. The molecule has 2 unspecified atom stereocenters. The number of methoxy groups -OCH3 is 1. The topological polar surface area (TPSA) is 148 Å². The molecule has 2 aromatic heterocycles. The summed E-state index contributed by atoms with van der Waals surface area (Å²) in [5.41, 5.74) is 2.19. The van der Waals surface area contributed by atoms with Gasteiger partial charge in [-0.1, -0.05) is 40.5 Å². The van der Waals surface area contributed by atoms with Crippen molar-refractivity contribution in [1.82, 2.24) is 24.8 Å². The number of carbonyl (C=O) groups excluding carboxylic acids is 2. The molecule has 2 aliphatic heterocycles. The van der Waals surface area contributed by atoms with Gasteiger partial charge < -0.3 is 33.6 Å². The molecule has 4 heterocycles. The van der Waals surface area contributed by atoms with Crippen LogP contribution in [0.15, 0.2) is 64.8 Å². The van der Waals surface area contributed by atoms with Crippen LogP contribution in [0.25, 0.3) is 16.8 Å². The van der Waals surface area contributed by atoms with Crippen molar-refractivity contribution < 1.29 is 47.0 Å². The molecule has 13 nitrogen and oxygen atoms in total. The second kappa shape index (κ2) is 17.8. The Kier molecular flexibility index (Phi) is 12.7. The molecular weight excluding hydrogens is 823 g/mol. The fourth-order valence-electron chi connectivity index (χ4n) is 7.68. The number of halogens is 4. The number of piperazine rings is 1. The maximum absolute atomic E-state index is 15.2. The van der Waals surface area contributed by atoms with Gasteiger partial charge in [0.05, 0.1) is 22.7 Å². The number of fused-ring (bicyclic) bond motifs is 2. The van der Waals surface area contributed by atoms with Gasteiger partial charge in [-0.05, 0) is 99.4 Å². The summed E-state index contributed by atoms with van der Waals surface area (Å²) in [6, 6.07) is 10.6. The van der Waals surface area contributed by atoms with Crippen molar-refractivity contribution in [2.24, 2.45) is 0 Å². The van der Waals surface area contributed by atoms with E-state index in [2.05, 4.69) is 10.1 Å². The van der Waals surface area contributed by atoms with E-state index in [1.54, 1.807) is 51.1 Å². The van der Waals surface area contributed by atoms with E-state index in [1.165, 1.54) is 15.9 Å². The molecule has 2 bridgehead atoms. The monoisotopic (exact) mass is 867 g/mol. The second-order valence-corrected chi connectivity index (χ2v) is 16.9. The van der Waals surface area contributed by atoms with Crippen molar-refractivity contribution in [3.8, 4) is 17.1 Å². The van der Waals surface area contributed by atoms with Crippen molar-refractivity contribution in [2.75, 3.05) is 26.8 Å². The van der Waals surface area contributed by atoms with Gasteiger partial charge in [0.2, 0.25) is 5.88 Å². The average molecular weight is 869 g/mol. The number of aryl methyl sites for hydroxylation is 1. The Morgan fingerprint density at radius 1 is 1.03 bits per heavy atom. The predicted molar refractivity (Wildman–Crippen MR) is 217 cm³/mol. The van der Waals surface area contributed by atoms with Gasteiger partial charge in [-0.25, -0.2) is 23.4 Å². The summed E-state index contributed by atoms with van der Waals surface area (Å²) in [4.78, 5) is 50.6. The first kappa shape index (κ1) is 42.9. The number of hydrogen-bond donors (Lipinski definition) is 1. The minimum absolute atomic E-state index is 0.0104. The summed E-state index contributed by atoms with van der Waals surface area (Å²) in [5.74, 6) is -1.56. The van der Waals surface area contributed by atoms with E-state index in [0.717, 1.165) is 48.9 Å². The van der Waals surface area contributed by atoms with Crippen LogP contribution in [0.1, 0.15) is 68.9 Å². The molecule has 7 rings (SSSR count). The Morgan fingerprint density at radius 2 is 1.80 bits per heavy atom. The van der Waals surface area contributed by atoms with Crippen LogP contribution in [0.4, 0.5) is 18.4 Å². The Labute approximate surface area is 355 Å². The van der Waals surface area contributed by atoms with Crippen molar-refractivity contribution in [1.29, 1.82) is 0 Å². The largest absolute Gasteiger partial charge is 0.469 e. The standard InChI is InChI=1S/C43H45Cl2F2N5O8/c1-43(2,3)59-42(56)50-21-28-17-30(25-8-14-36(48-19-25)58-23-29-18-34(49-60-29)38-32(46)12-13-33(47)39(38)45)37(35(22-50)52(28)41(54)55)40(53)51(27-9-10-27)20-26-16-24(6-5-15-57-4)7-11-31(26)44/h7-8,11-14,16,18-19,27-28,35H,5-6,9-10,15,17,20-23H2,1-4H3,(H,54,55). The molecule has 3 aliphatic rings. The Morgan fingerprint density at radius 3 is 2.48 bits per heavy atom. The fourth-order valence-corrected chi connectivity index (χ4v) is 8.11. The number of hydrogen-bond acceptors (Lipinski definition) is 9. The lowest BCUT2D eigenvalue weighted by Gasteiger charge is -2.50. The zero-order valence-electron chi connectivity index (χ0n) is 33.6. The number of ether oxygens (including phenoxy) is 3. The first-order chi connectivity index (χ1) is 28.6. The number of carbonyl (C=O) groups is 3. The van der Waals surface area contributed by atoms with Crippen LogP contribution in [-0.2, 0) is 33.8 Å². The highest BCUT2D eigenvalue weighted by molar-refractivity contribution is 6.33. The number of carboxylic acid groups (broad SMARTS) is 1. The molecule has 2 atom stereocenters. The van der Waals surface area contributed by atoms with Crippen LogP contribution >= 0.6 is 23.2 Å². The van der Waals surface area contributed by atoms with E-state index >= 15 is 4.79 Å². The molecule has 0 spiro atoms. The van der Waals surface area contributed by atoms with Gasteiger partial charge in [-0.3, -0.25) is 9.69 Å². The van der Waals surface area contributed by atoms with Crippen molar-refractivity contribution in [3.05, 3.63) is 104 Å². The SMILES string of the molecule is COCCCc1ccc(Cl)c(CN(C(=O)C2=C(c3ccc(OCc4cc(-c5c(F)ccc(F)c5Cl)no4)nc3)CC3CN(C(=O)OC(C)(C)C)CC2N3C(=O)O)C2CC2)c1. The normalized spacial score (nSPS) is 17.8. The van der Waals surface area contributed by atoms with Gasteiger partial charge in [0.15, 0.2) is 12.4 Å². The molecule has 17 heteroatoms. The van der Waals surface area contributed by atoms with Crippen molar-refractivity contribution >= 4 is 46.9 Å². The van der Waals surface area contributed by atoms with Crippen LogP contribution in [0.2, 0.25) is 10.0 Å². The highest BCUT2D eigenvalue weighted by Crippen LogP contribution is 2.42. The summed E-state index contributed by atoms with van der Waals surface area (Å²) >= 11 is 12.7. The zero-order valence-corrected chi connectivity index (χ0v) is 35.1. The van der Waals surface area contributed by atoms with Gasteiger partial charge in [0.25, 0.3) is 5.91 Å². The molecule has 0 radical (unpaired) electrons. The quantitative estimate of drug-likeness (QED) is 0.102. The Bertz CT molecular complexity index is 2300. The highest BCUT2D eigenvalue weighted by Gasteiger charge is 2.50. The predicted octanol–water partition coefficient (Wildman–Crippen LogP) is 8.80. The lowest BCUT2D eigenvalue weighted by Crippen LogP contribution is -2.65. The minimum Gasteiger partial charge on any atom is -0.469 e. The number of aromatic nitrogens is 2. The second-order valence-electron chi connectivity index (χ2n) is 16.1. The average Bonchev–Trinajstić information content (AvgIpc) is 3.94. The minimum atomic E-state index is -1.21. The number of rotatable bonds is 13. The lowest BCUT2D eigenvalue weighted by atomic mass is 9.81. The smallest absolute Gasteiger partial charge is 0.410 e. The Hall–Kier alpha value is -5.25. The molecule has 60 heavy (non-hydrogen) atoms. The molecular formula is C43H45Cl2F2N5O8. The van der Waals surface area contributed by atoms with Gasteiger partial charge in [0, 0.05) is 68.3 Å². The third-order valence-corrected chi connectivity index (χ3v) is 11.3.